The van der Waals surface area contributed by atoms with Crippen LogP contribution in [0.4, 0.5) is 23.2 Å². The number of alkyl halides is 4. The molecule has 3 heterocycles. The number of amides is 1. The third-order valence-electron chi connectivity index (χ3n) is 5.77. The predicted molar refractivity (Wildman–Crippen MR) is 111 cm³/mol. The van der Waals surface area contributed by atoms with Gasteiger partial charge in [0, 0.05) is 6.20 Å². The van der Waals surface area contributed by atoms with Crippen molar-refractivity contribution >= 4 is 11.6 Å². The molecule has 7 nitrogen and oxygen atoms in total. The van der Waals surface area contributed by atoms with Crippen LogP contribution in [0.2, 0.25) is 0 Å². The molecule has 33 heavy (non-hydrogen) atoms. The van der Waals surface area contributed by atoms with Gasteiger partial charge >= 0.3 is 6.18 Å². The molecule has 0 aromatic carbocycles. The Morgan fingerprint density at radius 1 is 1.12 bits per heavy atom. The Kier molecular flexibility index (Phi) is 5.91. The quantitative estimate of drug-likeness (QED) is 0.562. The molecule has 1 aliphatic carbocycles. The van der Waals surface area contributed by atoms with Crippen LogP contribution in [-0.2, 0) is 11.8 Å². The van der Waals surface area contributed by atoms with Crippen LogP contribution in [0.5, 0.6) is 0 Å². The maximum atomic E-state index is 15.1. The number of carbonyl (C=O) groups excluding carboxylic acids is 1. The number of carbonyl (C=O) groups is 1. The zero-order chi connectivity index (χ0) is 23.8. The van der Waals surface area contributed by atoms with Crippen molar-refractivity contribution in [2.75, 3.05) is 5.32 Å². The molecule has 0 atom stereocenters. The molecule has 1 aliphatic rings. The number of hydrogen-bond acceptors (Lipinski definition) is 5. The average Bonchev–Trinajstić information content (AvgIpc) is 3.17. The van der Waals surface area contributed by atoms with Gasteiger partial charge in [-0.25, -0.2) is 14.1 Å². The number of halogens is 4. The zero-order valence-electron chi connectivity index (χ0n) is 17.6. The lowest BCUT2D eigenvalue weighted by Crippen LogP contribution is -2.30. The lowest BCUT2D eigenvalue weighted by atomic mass is 9.82. The first-order chi connectivity index (χ1) is 15.6. The van der Waals surface area contributed by atoms with E-state index in [9.17, 15) is 23.1 Å². The molecule has 1 fully saturated rings. The highest BCUT2D eigenvalue weighted by molar-refractivity contribution is 6.04. The second-order valence-electron chi connectivity index (χ2n) is 8.04. The predicted octanol–water partition coefficient (Wildman–Crippen LogP) is 4.34. The number of pyridine rings is 2. The number of aliphatic hydroxyl groups is 1. The van der Waals surface area contributed by atoms with E-state index in [-0.39, 0.29) is 29.9 Å². The van der Waals surface area contributed by atoms with Crippen LogP contribution >= 0.6 is 0 Å². The minimum atomic E-state index is -4.50. The Morgan fingerprint density at radius 2 is 1.85 bits per heavy atom. The summed E-state index contributed by atoms with van der Waals surface area (Å²) in [4.78, 5) is 20.6. The molecule has 4 rings (SSSR count). The van der Waals surface area contributed by atoms with E-state index >= 15 is 4.39 Å². The van der Waals surface area contributed by atoms with Gasteiger partial charge in [0.25, 0.3) is 5.91 Å². The average molecular weight is 463 g/mol. The van der Waals surface area contributed by atoms with Crippen LogP contribution < -0.4 is 5.32 Å². The smallest absolute Gasteiger partial charge is 0.393 e. The van der Waals surface area contributed by atoms with Gasteiger partial charge in [-0.1, -0.05) is 0 Å². The van der Waals surface area contributed by atoms with Crippen molar-refractivity contribution in [3.63, 3.8) is 0 Å². The van der Waals surface area contributed by atoms with E-state index in [1.807, 2.05) is 0 Å². The van der Waals surface area contributed by atoms with Crippen molar-refractivity contribution in [1.29, 1.82) is 0 Å². The van der Waals surface area contributed by atoms with E-state index in [0.29, 0.717) is 30.4 Å². The summed E-state index contributed by atoms with van der Waals surface area (Å²) >= 11 is 0. The summed E-state index contributed by atoms with van der Waals surface area (Å²) in [5.74, 6) is -0.368. The number of aliphatic hydroxyl groups excluding tert-OH is 1. The Hall–Kier alpha value is -3.34. The number of rotatable bonds is 4. The summed E-state index contributed by atoms with van der Waals surface area (Å²) in [5.41, 5.74) is -1.30. The molecule has 1 amide bonds. The Labute approximate surface area is 186 Å². The number of aromatic nitrogens is 4. The maximum Gasteiger partial charge on any atom is 0.417 e. The fourth-order valence-corrected chi connectivity index (χ4v) is 3.79. The van der Waals surface area contributed by atoms with Gasteiger partial charge in [0.15, 0.2) is 11.5 Å². The summed E-state index contributed by atoms with van der Waals surface area (Å²) in [5, 5.41) is 16.3. The molecule has 0 unspecified atom stereocenters. The molecular formula is C22H21F4N5O2. The number of nitrogens with one attached hydrogen (secondary N) is 1. The SMILES string of the molecule is Cc1c(C(=O)Nc2ccc([C@]3(F)CC[C@@H](O)CC3)nc2)cnn1-c1ccc(C(F)(F)F)cn1. The van der Waals surface area contributed by atoms with E-state index in [0.717, 1.165) is 6.07 Å². The molecule has 174 valence electrons. The van der Waals surface area contributed by atoms with Gasteiger partial charge in [0.1, 0.15) is 0 Å². The zero-order valence-corrected chi connectivity index (χ0v) is 17.6. The first-order valence-electron chi connectivity index (χ1n) is 10.3. The molecule has 0 aliphatic heterocycles. The van der Waals surface area contributed by atoms with Gasteiger partial charge < -0.3 is 10.4 Å². The molecule has 0 bridgehead atoms. The largest absolute Gasteiger partial charge is 0.417 e. The molecule has 0 radical (unpaired) electrons. The number of anilines is 1. The van der Waals surface area contributed by atoms with Crippen LogP contribution in [0.1, 0.15) is 53.0 Å². The fourth-order valence-electron chi connectivity index (χ4n) is 3.79. The normalized spacial score (nSPS) is 21.1. The van der Waals surface area contributed by atoms with E-state index in [2.05, 4.69) is 20.4 Å². The third-order valence-corrected chi connectivity index (χ3v) is 5.77. The van der Waals surface area contributed by atoms with Crippen LogP contribution in [0.25, 0.3) is 5.82 Å². The highest BCUT2D eigenvalue weighted by Gasteiger charge is 2.37. The molecule has 3 aromatic heterocycles. The Bertz CT molecular complexity index is 1140. The molecule has 0 saturated heterocycles. The third kappa shape index (κ3) is 4.72. The van der Waals surface area contributed by atoms with E-state index in [1.165, 1.54) is 29.2 Å². The summed E-state index contributed by atoms with van der Waals surface area (Å²) in [6.45, 7) is 1.59. The highest BCUT2D eigenvalue weighted by Crippen LogP contribution is 2.40. The molecule has 1 saturated carbocycles. The molecule has 2 N–H and O–H groups in total. The minimum Gasteiger partial charge on any atom is -0.393 e. The van der Waals surface area contributed by atoms with Crippen molar-refractivity contribution in [2.24, 2.45) is 0 Å². The highest BCUT2D eigenvalue weighted by atomic mass is 19.4. The second-order valence-corrected chi connectivity index (χ2v) is 8.04. The first-order valence-corrected chi connectivity index (χ1v) is 10.3. The van der Waals surface area contributed by atoms with Crippen molar-refractivity contribution in [3.05, 3.63) is 65.4 Å². The van der Waals surface area contributed by atoms with Crippen LogP contribution in [0, 0.1) is 6.92 Å². The Balaban J connectivity index is 1.47. The fraction of sp³-hybridized carbons (Fsp3) is 0.364. The van der Waals surface area contributed by atoms with Crippen molar-refractivity contribution < 1.29 is 27.5 Å². The van der Waals surface area contributed by atoms with Crippen LogP contribution in [0.15, 0.2) is 42.9 Å². The van der Waals surface area contributed by atoms with Gasteiger partial charge in [-0.2, -0.15) is 18.3 Å². The second kappa shape index (κ2) is 8.54. The van der Waals surface area contributed by atoms with Crippen molar-refractivity contribution in [3.8, 4) is 5.82 Å². The van der Waals surface area contributed by atoms with E-state index in [4.69, 9.17) is 0 Å². The summed E-state index contributed by atoms with van der Waals surface area (Å²) in [7, 11) is 0. The lowest BCUT2D eigenvalue weighted by molar-refractivity contribution is -0.137. The monoisotopic (exact) mass is 463 g/mol. The van der Waals surface area contributed by atoms with Crippen molar-refractivity contribution in [1.82, 2.24) is 19.7 Å². The van der Waals surface area contributed by atoms with E-state index in [1.54, 1.807) is 13.0 Å². The lowest BCUT2D eigenvalue weighted by Gasteiger charge is -2.31. The topological polar surface area (TPSA) is 92.9 Å². The van der Waals surface area contributed by atoms with Crippen LogP contribution in [-0.4, -0.2) is 36.9 Å². The first kappa shape index (κ1) is 22.8. The molecular weight excluding hydrogens is 442 g/mol. The van der Waals surface area contributed by atoms with Gasteiger partial charge in [-0.15, -0.1) is 0 Å². The summed E-state index contributed by atoms with van der Waals surface area (Å²) < 4.78 is 54.6. The molecule has 0 spiro atoms. The Morgan fingerprint density at radius 3 is 2.42 bits per heavy atom. The number of nitrogens with zero attached hydrogens (tertiary/aromatic N) is 4. The van der Waals surface area contributed by atoms with Gasteiger partial charge in [-0.3, -0.25) is 9.78 Å². The maximum absolute atomic E-state index is 15.1. The minimum absolute atomic E-state index is 0.136. The standard InChI is InChI=1S/C22H21F4N5O2/c1-13-17(12-29-31(13)19-5-2-14(10-28-19)22(24,25)26)20(33)30-15-3-4-18(27-11-15)21(23)8-6-16(32)7-9-21/h2-5,10-12,16,32H,6-9H2,1H3,(H,30,33)/t16-,21+. The molecule has 11 heteroatoms. The van der Waals surface area contributed by atoms with Crippen LogP contribution in [0.3, 0.4) is 0 Å². The van der Waals surface area contributed by atoms with Gasteiger partial charge in [0.05, 0.1) is 46.7 Å². The number of hydrogen-bond donors (Lipinski definition) is 2. The van der Waals surface area contributed by atoms with E-state index < -0.39 is 29.4 Å². The summed E-state index contributed by atoms with van der Waals surface area (Å²) in [6.07, 6.45) is -0.539. The van der Waals surface area contributed by atoms with Gasteiger partial charge in [0.2, 0.25) is 0 Å². The molecule has 3 aromatic rings. The summed E-state index contributed by atoms with van der Waals surface area (Å²) in [6, 6.07) is 5.12. The van der Waals surface area contributed by atoms with Gasteiger partial charge in [-0.05, 0) is 56.9 Å². The van der Waals surface area contributed by atoms with Crippen molar-refractivity contribution in [2.45, 2.75) is 50.6 Å².